The molecule has 0 N–H and O–H groups in total. The van der Waals surface area contributed by atoms with Crippen molar-refractivity contribution in [2.75, 3.05) is 11.4 Å². The fourth-order valence-corrected chi connectivity index (χ4v) is 2.86. The summed E-state index contributed by atoms with van der Waals surface area (Å²) in [5.74, 6) is 1.05. The molecule has 0 aliphatic carbocycles. The molecule has 1 aromatic carbocycles. The Kier molecular flexibility index (Phi) is 2.96. The maximum Gasteiger partial charge on any atom is 0.145 e. The number of rotatable bonds is 1. The molecule has 2 aromatic rings. The third kappa shape index (κ3) is 2.13. The monoisotopic (exact) mass is 337 g/mol. The lowest BCUT2D eigenvalue weighted by Gasteiger charge is -2.30. The average Bonchev–Trinajstić information content (AvgIpc) is 2.39. The summed E-state index contributed by atoms with van der Waals surface area (Å²) >= 11 is 2.30. The van der Waals surface area contributed by atoms with Crippen LogP contribution in [0.3, 0.4) is 0 Å². The molecule has 0 spiro atoms. The van der Waals surface area contributed by atoms with Crippen LogP contribution in [0, 0.1) is 3.57 Å². The molecule has 86 valence electrons. The first-order chi connectivity index (χ1) is 8.34. The Morgan fingerprint density at radius 1 is 1.18 bits per heavy atom. The summed E-state index contributed by atoms with van der Waals surface area (Å²) in [6, 6.07) is 8.64. The van der Waals surface area contributed by atoms with Gasteiger partial charge in [0.2, 0.25) is 0 Å². The molecule has 0 radical (unpaired) electrons. The van der Waals surface area contributed by atoms with E-state index < -0.39 is 0 Å². The van der Waals surface area contributed by atoms with Gasteiger partial charge >= 0.3 is 0 Å². The van der Waals surface area contributed by atoms with Crippen molar-refractivity contribution < 1.29 is 0 Å². The molecule has 0 saturated carbocycles. The number of anilines is 1. The third-order valence-corrected chi connectivity index (χ3v) is 3.84. The van der Waals surface area contributed by atoms with Crippen molar-refractivity contribution in [1.82, 2.24) is 9.97 Å². The van der Waals surface area contributed by atoms with E-state index in [0.29, 0.717) is 0 Å². The third-order valence-electron chi connectivity index (χ3n) is 3.08. The van der Waals surface area contributed by atoms with E-state index in [9.17, 15) is 0 Å². The van der Waals surface area contributed by atoms with Crippen LogP contribution in [-0.4, -0.2) is 16.5 Å². The predicted octanol–water partition coefficient (Wildman–Crippen LogP) is 2.64. The molecule has 3 rings (SSSR count). The Morgan fingerprint density at radius 3 is 2.82 bits per heavy atom. The van der Waals surface area contributed by atoms with Crippen molar-refractivity contribution in [3.8, 4) is 0 Å². The highest BCUT2D eigenvalue weighted by atomic mass is 127. The molecular formula is C13H12IN3. The Hall–Kier alpha value is -1.17. The van der Waals surface area contributed by atoms with Crippen molar-refractivity contribution in [2.45, 2.75) is 13.0 Å². The number of nitrogens with zero attached hydrogens (tertiary/aromatic N) is 3. The lowest BCUT2D eigenvalue weighted by Crippen LogP contribution is -2.31. The van der Waals surface area contributed by atoms with E-state index in [0.717, 1.165) is 28.9 Å². The van der Waals surface area contributed by atoms with Gasteiger partial charge in [-0.1, -0.05) is 24.3 Å². The highest BCUT2D eigenvalue weighted by Gasteiger charge is 2.18. The van der Waals surface area contributed by atoms with E-state index in [1.165, 1.54) is 11.1 Å². The minimum Gasteiger partial charge on any atom is -0.351 e. The zero-order valence-electron chi connectivity index (χ0n) is 9.31. The molecule has 3 nitrogen and oxygen atoms in total. The van der Waals surface area contributed by atoms with Gasteiger partial charge < -0.3 is 4.90 Å². The fraction of sp³-hybridized carbons (Fsp3) is 0.231. The van der Waals surface area contributed by atoms with E-state index in [-0.39, 0.29) is 0 Å². The minimum atomic E-state index is 0.948. The predicted molar refractivity (Wildman–Crippen MR) is 75.9 cm³/mol. The summed E-state index contributed by atoms with van der Waals surface area (Å²) in [6.07, 6.45) is 4.58. The quantitative estimate of drug-likeness (QED) is 0.749. The van der Waals surface area contributed by atoms with Gasteiger partial charge in [0.25, 0.3) is 0 Å². The van der Waals surface area contributed by atoms with Crippen molar-refractivity contribution in [3.05, 3.63) is 51.5 Å². The van der Waals surface area contributed by atoms with E-state index in [4.69, 9.17) is 0 Å². The Bertz CT molecular complexity index is 542. The number of hydrogen-bond donors (Lipinski definition) is 0. The van der Waals surface area contributed by atoms with Crippen LogP contribution in [0.1, 0.15) is 11.1 Å². The van der Waals surface area contributed by atoms with E-state index in [2.05, 4.69) is 61.7 Å². The van der Waals surface area contributed by atoms with E-state index in [1.54, 1.807) is 6.33 Å². The normalized spacial score (nSPS) is 14.5. The van der Waals surface area contributed by atoms with Crippen molar-refractivity contribution in [2.24, 2.45) is 0 Å². The topological polar surface area (TPSA) is 29.0 Å². The summed E-state index contributed by atoms with van der Waals surface area (Å²) in [4.78, 5) is 10.7. The Morgan fingerprint density at radius 2 is 2.00 bits per heavy atom. The van der Waals surface area contributed by atoms with Gasteiger partial charge in [-0.05, 0) is 40.1 Å². The second-order valence-corrected chi connectivity index (χ2v) is 5.30. The van der Waals surface area contributed by atoms with Gasteiger partial charge in [0.15, 0.2) is 0 Å². The first kappa shape index (κ1) is 11.0. The summed E-state index contributed by atoms with van der Waals surface area (Å²) in [5, 5.41) is 0. The van der Waals surface area contributed by atoms with Gasteiger partial charge in [-0.2, -0.15) is 0 Å². The van der Waals surface area contributed by atoms with Crippen LogP contribution in [0.2, 0.25) is 0 Å². The highest BCUT2D eigenvalue weighted by molar-refractivity contribution is 14.1. The van der Waals surface area contributed by atoms with Gasteiger partial charge in [0.1, 0.15) is 12.1 Å². The second kappa shape index (κ2) is 4.60. The van der Waals surface area contributed by atoms with Crippen LogP contribution in [0.5, 0.6) is 0 Å². The smallest absolute Gasteiger partial charge is 0.145 e. The van der Waals surface area contributed by atoms with Gasteiger partial charge in [-0.3, -0.25) is 0 Å². The first-order valence-electron chi connectivity index (χ1n) is 5.62. The molecular weight excluding hydrogens is 325 g/mol. The molecule has 0 fully saturated rings. The van der Waals surface area contributed by atoms with Crippen LogP contribution >= 0.6 is 22.6 Å². The molecule has 0 saturated heterocycles. The van der Waals surface area contributed by atoms with Gasteiger partial charge in [-0.25, -0.2) is 9.97 Å². The van der Waals surface area contributed by atoms with Crippen LogP contribution in [0.15, 0.2) is 36.8 Å². The maximum atomic E-state index is 4.38. The maximum absolute atomic E-state index is 4.38. The van der Waals surface area contributed by atoms with Crippen LogP contribution in [-0.2, 0) is 13.0 Å². The standard InChI is InChI=1S/C13H12IN3/c14-12-7-15-9-16-13(12)17-6-5-10-3-1-2-4-11(10)8-17/h1-4,7,9H,5-6,8H2. The van der Waals surface area contributed by atoms with E-state index in [1.807, 2.05) is 6.20 Å². The highest BCUT2D eigenvalue weighted by Crippen LogP contribution is 2.25. The van der Waals surface area contributed by atoms with Gasteiger partial charge in [0, 0.05) is 19.3 Å². The van der Waals surface area contributed by atoms with Crippen molar-refractivity contribution in [1.29, 1.82) is 0 Å². The van der Waals surface area contributed by atoms with Crippen LogP contribution in [0.25, 0.3) is 0 Å². The molecule has 2 heterocycles. The summed E-state index contributed by atoms with van der Waals surface area (Å²) in [5.41, 5.74) is 2.88. The molecule has 0 unspecified atom stereocenters. The molecule has 1 aliphatic heterocycles. The number of halogens is 1. The number of benzene rings is 1. The number of hydrogen-bond acceptors (Lipinski definition) is 3. The molecule has 1 aromatic heterocycles. The lowest BCUT2D eigenvalue weighted by atomic mass is 10.00. The zero-order chi connectivity index (χ0) is 11.7. The molecule has 4 heteroatoms. The zero-order valence-corrected chi connectivity index (χ0v) is 11.5. The van der Waals surface area contributed by atoms with Crippen molar-refractivity contribution >= 4 is 28.4 Å². The lowest BCUT2D eigenvalue weighted by molar-refractivity contribution is 0.717. The molecule has 17 heavy (non-hydrogen) atoms. The van der Waals surface area contributed by atoms with Crippen molar-refractivity contribution in [3.63, 3.8) is 0 Å². The average molecular weight is 337 g/mol. The second-order valence-electron chi connectivity index (χ2n) is 4.13. The first-order valence-corrected chi connectivity index (χ1v) is 6.70. The Labute approximate surface area is 114 Å². The molecule has 1 aliphatic rings. The summed E-state index contributed by atoms with van der Waals surface area (Å²) in [7, 11) is 0. The SMILES string of the molecule is Ic1cncnc1N1CCc2ccccc2C1. The minimum absolute atomic E-state index is 0.948. The van der Waals surface area contributed by atoms with Crippen LogP contribution < -0.4 is 4.90 Å². The summed E-state index contributed by atoms with van der Waals surface area (Å²) in [6.45, 7) is 1.98. The Balaban J connectivity index is 1.92. The molecule has 0 atom stereocenters. The van der Waals surface area contributed by atoms with Gasteiger partial charge in [-0.15, -0.1) is 0 Å². The number of aromatic nitrogens is 2. The van der Waals surface area contributed by atoms with Crippen LogP contribution in [0.4, 0.5) is 5.82 Å². The fourth-order valence-electron chi connectivity index (χ4n) is 2.22. The van der Waals surface area contributed by atoms with E-state index >= 15 is 0 Å². The molecule has 0 amide bonds. The summed E-state index contributed by atoms with van der Waals surface area (Å²) < 4.78 is 1.12. The largest absolute Gasteiger partial charge is 0.351 e. The van der Waals surface area contributed by atoms with Gasteiger partial charge in [0.05, 0.1) is 3.57 Å². The molecule has 0 bridgehead atoms. The number of fused-ring (bicyclic) bond motifs is 1.